The van der Waals surface area contributed by atoms with Crippen molar-refractivity contribution < 1.29 is 14.0 Å². The fourth-order valence-electron chi connectivity index (χ4n) is 3.52. The average molecular weight is 368 g/mol. The summed E-state index contributed by atoms with van der Waals surface area (Å²) < 4.78 is 13.3. The molecule has 0 aliphatic carbocycles. The Morgan fingerprint density at radius 1 is 1.19 bits per heavy atom. The second-order valence-electron chi connectivity index (χ2n) is 7.57. The molecule has 1 unspecified atom stereocenters. The van der Waals surface area contributed by atoms with Crippen LogP contribution in [0.5, 0.6) is 0 Å². The maximum absolute atomic E-state index is 13.3. The highest BCUT2D eigenvalue weighted by Gasteiger charge is 2.39. The monoisotopic (exact) mass is 368 g/mol. The third-order valence-electron chi connectivity index (χ3n) is 5.17. The summed E-state index contributed by atoms with van der Waals surface area (Å²) >= 11 is 0. The molecule has 2 aromatic rings. The molecule has 1 saturated heterocycles. The Kier molecular flexibility index (Phi) is 5.59. The molecule has 1 aliphatic heterocycles. The van der Waals surface area contributed by atoms with Gasteiger partial charge in [0, 0.05) is 25.2 Å². The topological polar surface area (TPSA) is 49.4 Å². The van der Waals surface area contributed by atoms with Gasteiger partial charge < -0.3 is 10.2 Å². The normalized spacial score (nSPS) is 19.6. The van der Waals surface area contributed by atoms with Crippen LogP contribution in [0.1, 0.15) is 41.3 Å². The summed E-state index contributed by atoms with van der Waals surface area (Å²) in [7, 11) is 0. The lowest BCUT2D eigenvalue weighted by atomic mass is 9.80. The molecule has 0 spiro atoms. The highest BCUT2D eigenvalue weighted by molar-refractivity contribution is 5.95. The quantitative estimate of drug-likeness (QED) is 0.895. The summed E-state index contributed by atoms with van der Waals surface area (Å²) in [6.45, 7) is 5.18. The van der Waals surface area contributed by atoms with E-state index in [1.807, 2.05) is 38.1 Å². The van der Waals surface area contributed by atoms with Crippen LogP contribution in [0.4, 0.5) is 4.39 Å². The van der Waals surface area contributed by atoms with Crippen molar-refractivity contribution in [2.75, 3.05) is 13.1 Å². The second-order valence-corrected chi connectivity index (χ2v) is 7.57. The molecular formula is C22H25FN2O2. The number of hydrogen-bond acceptors (Lipinski definition) is 2. The standard InChI is InChI=1S/C22H25FN2O2/c1-16-7-9-18(10-8-16)20(26)25-12-4-11-22(2,15-25)21(27)24-14-17-5-3-6-19(23)13-17/h3,5-10,13H,4,11-12,14-15H2,1-2H3,(H,24,27). The van der Waals surface area contributed by atoms with Crippen LogP contribution in [-0.4, -0.2) is 29.8 Å². The zero-order chi connectivity index (χ0) is 19.4. The Hall–Kier alpha value is -2.69. The minimum absolute atomic E-state index is 0.0427. The Balaban J connectivity index is 1.65. The van der Waals surface area contributed by atoms with Gasteiger partial charge in [-0.15, -0.1) is 0 Å². The first kappa shape index (κ1) is 19.1. The van der Waals surface area contributed by atoms with E-state index in [1.54, 1.807) is 17.0 Å². The minimum Gasteiger partial charge on any atom is -0.351 e. The number of aryl methyl sites for hydroxylation is 1. The van der Waals surface area contributed by atoms with Crippen LogP contribution in [0.25, 0.3) is 0 Å². The van der Waals surface area contributed by atoms with Gasteiger partial charge in [0.1, 0.15) is 5.82 Å². The van der Waals surface area contributed by atoms with Gasteiger partial charge in [-0.1, -0.05) is 29.8 Å². The van der Waals surface area contributed by atoms with E-state index < -0.39 is 5.41 Å². The molecule has 1 atom stereocenters. The van der Waals surface area contributed by atoms with E-state index in [9.17, 15) is 14.0 Å². The van der Waals surface area contributed by atoms with E-state index in [2.05, 4.69) is 5.32 Å². The van der Waals surface area contributed by atoms with Crippen LogP contribution in [0.2, 0.25) is 0 Å². The number of amides is 2. The molecule has 0 radical (unpaired) electrons. The Morgan fingerprint density at radius 2 is 1.93 bits per heavy atom. The number of halogens is 1. The number of benzene rings is 2. The predicted octanol–water partition coefficient (Wildman–Crippen LogP) is 3.69. The number of nitrogens with one attached hydrogen (secondary N) is 1. The summed E-state index contributed by atoms with van der Waals surface area (Å²) in [5.41, 5.74) is 1.82. The van der Waals surface area contributed by atoms with Gasteiger partial charge in [-0.25, -0.2) is 4.39 Å². The maximum Gasteiger partial charge on any atom is 0.253 e. The van der Waals surface area contributed by atoms with Crippen molar-refractivity contribution in [1.29, 1.82) is 0 Å². The number of likely N-dealkylation sites (tertiary alicyclic amines) is 1. The second kappa shape index (κ2) is 7.91. The number of carbonyl (C=O) groups excluding carboxylic acids is 2. The highest BCUT2D eigenvalue weighted by atomic mass is 19.1. The molecule has 0 aromatic heterocycles. The first-order valence-electron chi connectivity index (χ1n) is 9.26. The number of piperidine rings is 1. The summed E-state index contributed by atoms with van der Waals surface area (Å²) in [4.78, 5) is 27.3. The van der Waals surface area contributed by atoms with Crippen LogP contribution >= 0.6 is 0 Å². The van der Waals surface area contributed by atoms with Crippen molar-refractivity contribution in [2.45, 2.75) is 33.2 Å². The molecule has 0 bridgehead atoms. The summed E-state index contributed by atoms with van der Waals surface area (Å²) in [6, 6.07) is 13.7. The van der Waals surface area contributed by atoms with Gasteiger partial charge in [0.25, 0.3) is 5.91 Å². The summed E-state index contributed by atoms with van der Waals surface area (Å²) in [5, 5.41) is 2.90. The largest absolute Gasteiger partial charge is 0.351 e. The highest BCUT2D eigenvalue weighted by Crippen LogP contribution is 2.30. The van der Waals surface area contributed by atoms with E-state index in [4.69, 9.17) is 0 Å². The molecule has 1 N–H and O–H groups in total. The Morgan fingerprint density at radius 3 is 2.63 bits per heavy atom. The van der Waals surface area contributed by atoms with Crippen molar-refractivity contribution in [3.63, 3.8) is 0 Å². The molecule has 5 heteroatoms. The number of nitrogens with zero attached hydrogens (tertiary/aromatic N) is 1. The van der Waals surface area contributed by atoms with Gasteiger partial charge in [0.05, 0.1) is 5.41 Å². The first-order chi connectivity index (χ1) is 12.9. The molecule has 3 rings (SSSR count). The van der Waals surface area contributed by atoms with Gasteiger partial charge in [-0.05, 0) is 56.5 Å². The average Bonchev–Trinajstić information content (AvgIpc) is 2.66. The Labute approximate surface area is 159 Å². The van der Waals surface area contributed by atoms with Crippen LogP contribution in [0.15, 0.2) is 48.5 Å². The number of rotatable bonds is 4. The van der Waals surface area contributed by atoms with Crippen LogP contribution in [-0.2, 0) is 11.3 Å². The molecule has 1 aliphatic rings. The molecule has 2 amide bonds. The van der Waals surface area contributed by atoms with E-state index in [-0.39, 0.29) is 24.2 Å². The Bertz CT molecular complexity index is 834. The molecule has 4 nitrogen and oxygen atoms in total. The molecule has 2 aromatic carbocycles. The molecule has 0 saturated carbocycles. The molecule has 1 fully saturated rings. The summed E-state index contributed by atoms with van der Waals surface area (Å²) in [6.07, 6.45) is 1.50. The third-order valence-corrected chi connectivity index (χ3v) is 5.17. The van der Waals surface area contributed by atoms with Gasteiger partial charge in [0.2, 0.25) is 5.91 Å². The van der Waals surface area contributed by atoms with Crippen molar-refractivity contribution in [2.24, 2.45) is 5.41 Å². The van der Waals surface area contributed by atoms with Crippen molar-refractivity contribution in [3.8, 4) is 0 Å². The van der Waals surface area contributed by atoms with E-state index >= 15 is 0 Å². The first-order valence-corrected chi connectivity index (χ1v) is 9.26. The molecule has 27 heavy (non-hydrogen) atoms. The zero-order valence-electron chi connectivity index (χ0n) is 15.8. The van der Waals surface area contributed by atoms with E-state index in [0.29, 0.717) is 18.7 Å². The summed E-state index contributed by atoms with van der Waals surface area (Å²) in [5.74, 6) is -0.465. The lowest BCUT2D eigenvalue weighted by molar-refractivity contribution is -0.132. The maximum atomic E-state index is 13.3. The van der Waals surface area contributed by atoms with Crippen LogP contribution in [0.3, 0.4) is 0 Å². The van der Waals surface area contributed by atoms with E-state index in [1.165, 1.54) is 12.1 Å². The van der Waals surface area contributed by atoms with Crippen LogP contribution < -0.4 is 5.32 Å². The van der Waals surface area contributed by atoms with Crippen molar-refractivity contribution in [1.82, 2.24) is 10.2 Å². The fourth-order valence-corrected chi connectivity index (χ4v) is 3.52. The third kappa shape index (κ3) is 4.54. The zero-order valence-corrected chi connectivity index (χ0v) is 15.8. The lowest BCUT2D eigenvalue weighted by Gasteiger charge is -2.39. The minimum atomic E-state index is -0.647. The smallest absolute Gasteiger partial charge is 0.253 e. The fraction of sp³-hybridized carbons (Fsp3) is 0.364. The van der Waals surface area contributed by atoms with Gasteiger partial charge in [0.15, 0.2) is 0 Å². The number of carbonyl (C=O) groups is 2. The molecular weight excluding hydrogens is 343 g/mol. The van der Waals surface area contributed by atoms with Gasteiger partial charge in [-0.2, -0.15) is 0 Å². The molecule has 142 valence electrons. The van der Waals surface area contributed by atoms with Crippen molar-refractivity contribution >= 4 is 11.8 Å². The van der Waals surface area contributed by atoms with Gasteiger partial charge in [-0.3, -0.25) is 9.59 Å². The van der Waals surface area contributed by atoms with Gasteiger partial charge >= 0.3 is 0 Å². The lowest BCUT2D eigenvalue weighted by Crippen LogP contribution is -2.51. The SMILES string of the molecule is Cc1ccc(C(=O)N2CCCC(C)(C(=O)NCc3cccc(F)c3)C2)cc1. The van der Waals surface area contributed by atoms with Crippen molar-refractivity contribution in [3.05, 3.63) is 71.0 Å². The number of hydrogen-bond donors (Lipinski definition) is 1. The van der Waals surface area contributed by atoms with Crippen LogP contribution in [0, 0.1) is 18.2 Å². The molecule has 1 heterocycles. The predicted molar refractivity (Wildman–Crippen MR) is 103 cm³/mol. The van der Waals surface area contributed by atoms with E-state index in [0.717, 1.165) is 24.0 Å².